The molecule has 3 rings (SSSR count). The molecule has 0 amide bonds. The summed E-state index contributed by atoms with van der Waals surface area (Å²) in [6, 6.07) is 16.0. The van der Waals surface area contributed by atoms with Crippen LogP contribution in [0.15, 0.2) is 53.7 Å². The molecule has 0 saturated carbocycles. The lowest BCUT2D eigenvalue weighted by atomic mass is 10.1. The molecule has 0 fully saturated rings. The van der Waals surface area contributed by atoms with E-state index in [0.717, 1.165) is 40.3 Å². The van der Waals surface area contributed by atoms with Crippen molar-refractivity contribution >= 4 is 11.8 Å². The number of methoxy groups -OCH3 is 1. The lowest BCUT2D eigenvalue weighted by Gasteiger charge is -2.10. The third-order valence-electron chi connectivity index (χ3n) is 3.95. The summed E-state index contributed by atoms with van der Waals surface area (Å²) in [5.74, 6) is 3.19. The van der Waals surface area contributed by atoms with Gasteiger partial charge in [-0.1, -0.05) is 47.7 Å². The van der Waals surface area contributed by atoms with E-state index in [2.05, 4.69) is 46.8 Å². The summed E-state index contributed by atoms with van der Waals surface area (Å²) in [5.41, 5.74) is 2.31. The van der Waals surface area contributed by atoms with Crippen LogP contribution in [-0.4, -0.2) is 34.2 Å². The monoisotopic (exact) mass is 369 g/mol. The zero-order valence-electron chi connectivity index (χ0n) is 15.3. The van der Waals surface area contributed by atoms with E-state index in [4.69, 9.17) is 9.47 Å². The molecule has 6 heteroatoms. The first-order chi connectivity index (χ1) is 12.7. The molecule has 0 aliphatic rings. The Bertz CT molecular complexity index is 864. The molecule has 3 aromatic rings. The highest BCUT2D eigenvalue weighted by Gasteiger charge is 2.13. The van der Waals surface area contributed by atoms with Gasteiger partial charge in [0.25, 0.3) is 0 Å². The van der Waals surface area contributed by atoms with E-state index in [9.17, 15) is 0 Å². The quantitative estimate of drug-likeness (QED) is 0.434. The second kappa shape index (κ2) is 8.76. The first-order valence-electron chi connectivity index (χ1n) is 8.61. The second-order valence-corrected chi connectivity index (χ2v) is 6.83. The maximum absolute atomic E-state index is 5.83. The van der Waals surface area contributed by atoms with Crippen LogP contribution in [0.4, 0.5) is 0 Å². The van der Waals surface area contributed by atoms with Crippen molar-refractivity contribution in [1.82, 2.24) is 14.8 Å². The van der Waals surface area contributed by atoms with Crippen molar-refractivity contribution in [3.05, 3.63) is 54.1 Å². The van der Waals surface area contributed by atoms with E-state index in [-0.39, 0.29) is 0 Å². The average molecular weight is 369 g/mol. The highest BCUT2D eigenvalue weighted by molar-refractivity contribution is 7.99. The number of aryl methyl sites for hydroxylation is 1. The highest BCUT2D eigenvalue weighted by atomic mass is 32.2. The zero-order chi connectivity index (χ0) is 18.4. The molecule has 0 unspecified atom stereocenters. The molecular weight excluding hydrogens is 346 g/mol. The molecule has 0 radical (unpaired) electrons. The van der Waals surface area contributed by atoms with Gasteiger partial charge in [0.05, 0.1) is 13.7 Å². The number of aromatic nitrogens is 3. The molecule has 0 aliphatic carbocycles. The first-order valence-corrected chi connectivity index (χ1v) is 9.60. The summed E-state index contributed by atoms with van der Waals surface area (Å²) >= 11 is 1.65. The molecule has 0 N–H and O–H groups in total. The average Bonchev–Trinajstić information content (AvgIpc) is 3.08. The molecule has 5 nitrogen and oxygen atoms in total. The Morgan fingerprint density at radius 3 is 2.58 bits per heavy atom. The van der Waals surface area contributed by atoms with Gasteiger partial charge in [-0.2, -0.15) is 0 Å². The number of ether oxygens (including phenoxy) is 2. The number of thioether (sulfide) groups is 1. The number of para-hydroxylation sites is 2. The van der Waals surface area contributed by atoms with Crippen LogP contribution >= 0.6 is 11.8 Å². The Hall–Kier alpha value is -2.47. The van der Waals surface area contributed by atoms with Gasteiger partial charge in [0.1, 0.15) is 0 Å². The van der Waals surface area contributed by atoms with Crippen molar-refractivity contribution < 1.29 is 9.47 Å². The Morgan fingerprint density at radius 2 is 1.85 bits per heavy atom. The lowest BCUT2D eigenvalue weighted by molar-refractivity contribution is 0.313. The summed E-state index contributed by atoms with van der Waals surface area (Å²) in [7, 11) is 1.65. The summed E-state index contributed by atoms with van der Waals surface area (Å²) in [6.07, 6.45) is 0. The van der Waals surface area contributed by atoms with Crippen molar-refractivity contribution in [2.24, 2.45) is 0 Å². The van der Waals surface area contributed by atoms with Crippen LogP contribution in [0.1, 0.15) is 12.5 Å². The third-order valence-corrected chi connectivity index (χ3v) is 4.88. The van der Waals surface area contributed by atoms with Crippen molar-refractivity contribution in [3.8, 4) is 22.9 Å². The van der Waals surface area contributed by atoms with E-state index in [1.807, 2.05) is 30.3 Å². The van der Waals surface area contributed by atoms with E-state index in [0.29, 0.717) is 6.61 Å². The molecular formula is C20H23N3O2S. The predicted octanol–water partition coefficient (Wildman–Crippen LogP) is 4.45. The summed E-state index contributed by atoms with van der Waals surface area (Å²) in [6.45, 7) is 5.59. The maximum Gasteiger partial charge on any atom is 0.191 e. The summed E-state index contributed by atoms with van der Waals surface area (Å²) in [4.78, 5) is 0. The highest BCUT2D eigenvalue weighted by Crippen LogP contribution is 2.27. The van der Waals surface area contributed by atoms with Gasteiger partial charge in [-0.3, -0.25) is 0 Å². The summed E-state index contributed by atoms with van der Waals surface area (Å²) in [5, 5.41) is 9.67. The van der Waals surface area contributed by atoms with Crippen LogP contribution in [0.25, 0.3) is 11.4 Å². The van der Waals surface area contributed by atoms with Crippen molar-refractivity contribution in [3.63, 3.8) is 0 Å². The molecule has 0 bridgehead atoms. The van der Waals surface area contributed by atoms with Gasteiger partial charge >= 0.3 is 0 Å². The zero-order valence-corrected chi connectivity index (χ0v) is 16.1. The first kappa shape index (κ1) is 18.3. The number of rotatable bonds is 8. The molecule has 0 saturated heterocycles. The topological polar surface area (TPSA) is 49.2 Å². The van der Waals surface area contributed by atoms with Gasteiger partial charge in [0, 0.05) is 17.9 Å². The number of hydrogen-bond donors (Lipinski definition) is 0. The lowest BCUT2D eigenvalue weighted by Crippen LogP contribution is -2.04. The molecule has 0 atom stereocenters. The van der Waals surface area contributed by atoms with Gasteiger partial charge in [0.15, 0.2) is 22.5 Å². The van der Waals surface area contributed by atoms with Gasteiger partial charge in [0.2, 0.25) is 0 Å². The predicted molar refractivity (Wildman–Crippen MR) is 105 cm³/mol. The SMILES string of the molecule is CCn1c(SCCOc2ccccc2OC)nnc1-c1cccc(C)c1. The van der Waals surface area contributed by atoms with Gasteiger partial charge < -0.3 is 14.0 Å². The van der Waals surface area contributed by atoms with Crippen LogP contribution in [0.2, 0.25) is 0 Å². The summed E-state index contributed by atoms with van der Waals surface area (Å²) < 4.78 is 13.3. The van der Waals surface area contributed by atoms with Crippen LogP contribution < -0.4 is 9.47 Å². The van der Waals surface area contributed by atoms with E-state index >= 15 is 0 Å². The third kappa shape index (κ3) is 4.19. The minimum absolute atomic E-state index is 0.571. The Labute approximate surface area is 158 Å². The van der Waals surface area contributed by atoms with Crippen LogP contribution in [0, 0.1) is 6.92 Å². The molecule has 1 aromatic heterocycles. The van der Waals surface area contributed by atoms with Crippen LogP contribution in [0.5, 0.6) is 11.5 Å². The van der Waals surface area contributed by atoms with Crippen LogP contribution in [0.3, 0.4) is 0 Å². The number of benzene rings is 2. The van der Waals surface area contributed by atoms with Gasteiger partial charge in [-0.15, -0.1) is 10.2 Å². The van der Waals surface area contributed by atoms with Crippen molar-refractivity contribution in [2.75, 3.05) is 19.5 Å². The second-order valence-electron chi connectivity index (χ2n) is 5.77. The Kier molecular flexibility index (Phi) is 6.17. The van der Waals surface area contributed by atoms with E-state index in [1.54, 1.807) is 18.9 Å². The van der Waals surface area contributed by atoms with Crippen molar-refractivity contribution in [1.29, 1.82) is 0 Å². The normalized spacial score (nSPS) is 10.7. The Balaban J connectivity index is 1.64. The molecule has 0 spiro atoms. The minimum Gasteiger partial charge on any atom is -0.493 e. The standard InChI is InChI=1S/C20H23N3O2S/c1-4-23-19(16-9-7-8-15(2)14-16)21-22-20(23)26-13-12-25-18-11-6-5-10-17(18)24-3/h5-11,14H,4,12-13H2,1-3H3. The number of hydrogen-bond acceptors (Lipinski definition) is 5. The van der Waals surface area contributed by atoms with E-state index < -0.39 is 0 Å². The van der Waals surface area contributed by atoms with Crippen molar-refractivity contribution in [2.45, 2.75) is 25.5 Å². The molecule has 136 valence electrons. The smallest absolute Gasteiger partial charge is 0.191 e. The molecule has 26 heavy (non-hydrogen) atoms. The molecule has 2 aromatic carbocycles. The fourth-order valence-electron chi connectivity index (χ4n) is 2.70. The van der Waals surface area contributed by atoms with Crippen LogP contribution in [-0.2, 0) is 6.54 Å². The fourth-order valence-corrected chi connectivity index (χ4v) is 3.52. The Morgan fingerprint density at radius 1 is 1.04 bits per heavy atom. The number of nitrogens with zero attached hydrogens (tertiary/aromatic N) is 3. The molecule has 0 aliphatic heterocycles. The minimum atomic E-state index is 0.571. The van der Waals surface area contributed by atoms with Gasteiger partial charge in [-0.25, -0.2) is 0 Å². The van der Waals surface area contributed by atoms with E-state index in [1.165, 1.54) is 5.56 Å². The fraction of sp³-hybridized carbons (Fsp3) is 0.300. The van der Waals surface area contributed by atoms with Gasteiger partial charge in [-0.05, 0) is 32.0 Å². The maximum atomic E-state index is 5.83. The molecule has 1 heterocycles. The largest absolute Gasteiger partial charge is 0.493 e.